The highest BCUT2D eigenvalue weighted by Gasteiger charge is 2.27. The van der Waals surface area contributed by atoms with E-state index in [4.69, 9.17) is 30.3 Å². The van der Waals surface area contributed by atoms with Crippen molar-refractivity contribution in [2.24, 2.45) is 10.8 Å². The number of nitrogens with zero attached hydrogens (tertiary/aromatic N) is 1. The van der Waals surface area contributed by atoms with Gasteiger partial charge in [0.15, 0.2) is 0 Å². The topological polar surface area (TPSA) is 145 Å². The SMILES string of the molecule is [C-]#[N+]/C(C(=O)OCC(C)(C)COC(=O)CCCCC(=O)OCC(C)(C)COC(=O)CCCCC(=O)OC)=C(\c1ccccc1)c1ccc(OC)cc1. The standard InChI is InChI=1S/C40H51NO11/c1-39(2,25-49-33(43)18-12-11-17-32(42)48-7)26-50-34(44)19-13-14-20-35(45)51-27-40(3,4)28-52-38(46)37(41-5)36(29-15-9-8-10-16-29)30-21-23-31(47-6)24-22-30/h8-10,15-16,21-24H,11-14,17-20,25-28H2,1-4,6-7H3/b37-36+. The third-order valence-corrected chi connectivity index (χ3v) is 7.70. The molecule has 0 bridgehead atoms. The maximum atomic E-state index is 13.2. The van der Waals surface area contributed by atoms with Gasteiger partial charge in [-0.2, -0.15) is 0 Å². The van der Waals surface area contributed by atoms with E-state index in [1.54, 1.807) is 45.2 Å². The molecule has 0 N–H and O–H groups in total. The van der Waals surface area contributed by atoms with Crippen LogP contribution in [0.25, 0.3) is 10.4 Å². The molecule has 12 nitrogen and oxygen atoms in total. The first-order valence-electron chi connectivity index (χ1n) is 17.2. The van der Waals surface area contributed by atoms with Gasteiger partial charge in [0.25, 0.3) is 5.70 Å². The number of carbonyl (C=O) groups excluding carboxylic acids is 5. The molecule has 52 heavy (non-hydrogen) atoms. The van der Waals surface area contributed by atoms with Crippen LogP contribution in [0.3, 0.4) is 0 Å². The van der Waals surface area contributed by atoms with E-state index < -0.39 is 28.7 Å². The van der Waals surface area contributed by atoms with Gasteiger partial charge in [-0.1, -0.05) is 70.2 Å². The van der Waals surface area contributed by atoms with E-state index in [0.29, 0.717) is 48.1 Å². The summed E-state index contributed by atoms with van der Waals surface area (Å²) in [4.78, 5) is 64.6. The molecule has 0 atom stereocenters. The Morgan fingerprint density at radius 1 is 0.577 bits per heavy atom. The summed E-state index contributed by atoms with van der Waals surface area (Å²) >= 11 is 0. The van der Waals surface area contributed by atoms with Crippen molar-refractivity contribution in [3.8, 4) is 5.75 Å². The molecule has 0 aliphatic heterocycles. The zero-order valence-corrected chi connectivity index (χ0v) is 31.1. The predicted molar refractivity (Wildman–Crippen MR) is 192 cm³/mol. The second-order valence-electron chi connectivity index (χ2n) is 13.8. The number of methoxy groups -OCH3 is 2. The van der Waals surface area contributed by atoms with Gasteiger partial charge in [-0.25, -0.2) is 4.85 Å². The van der Waals surface area contributed by atoms with Crippen molar-refractivity contribution in [1.29, 1.82) is 0 Å². The second kappa shape index (κ2) is 21.9. The Bertz CT molecular complexity index is 1550. The maximum absolute atomic E-state index is 13.2. The van der Waals surface area contributed by atoms with Crippen LogP contribution in [-0.4, -0.2) is 70.5 Å². The average molecular weight is 722 g/mol. The number of rotatable bonds is 22. The molecule has 0 aliphatic carbocycles. The van der Waals surface area contributed by atoms with Crippen LogP contribution in [0, 0.1) is 17.4 Å². The lowest BCUT2D eigenvalue weighted by atomic mass is 9.95. The lowest BCUT2D eigenvalue weighted by Gasteiger charge is -2.24. The molecule has 0 aromatic heterocycles. The van der Waals surface area contributed by atoms with Crippen molar-refractivity contribution in [1.82, 2.24) is 0 Å². The molecule has 2 aromatic rings. The van der Waals surface area contributed by atoms with Crippen LogP contribution in [-0.2, 0) is 47.7 Å². The van der Waals surface area contributed by atoms with Gasteiger partial charge in [0.1, 0.15) is 5.75 Å². The fourth-order valence-electron chi connectivity index (χ4n) is 4.64. The van der Waals surface area contributed by atoms with Gasteiger partial charge in [-0.15, -0.1) is 0 Å². The van der Waals surface area contributed by atoms with Crippen molar-refractivity contribution in [3.05, 3.63) is 82.8 Å². The summed E-state index contributed by atoms with van der Waals surface area (Å²) in [6, 6.07) is 16.2. The van der Waals surface area contributed by atoms with Crippen LogP contribution in [0.4, 0.5) is 0 Å². The Hall–Kier alpha value is -5.18. The first-order chi connectivity index (χ1) is 24.7. The summed E-state index contributed by atoms with van der Waals surface area (Å²) in [5.74, 6) is -1.73. The van der Waals surface area contributed by atoms with E-state index >= 15 is 0 Å². The predicted octanol–water partition coefficient (Wildman–Crippen LogP) is 6.89. The van der Waals surface area contributed by atoms with Crippen molar-refractivity contribution >= 4 is 35.4 Å². The van der Waals surface area contributed by atoms with E-state index in [2.05, 4.69) is 9.58 Å². The molecule has 2 aromatic carbocycles. The average Bonchev–Trinajstić information content (AvgIpc) is 3.14. The van der Waals surface area contributed by atoms with E-state index in [1.807, 2.05) is 44.2 Å². The van der Waals surface area contributed by atoms with Crippen molar-refractivity contribution in [2.45, 2.75) is 79.1 Å². The molecule has 0 aliphatic rings. The zero-order chi connectivity index (χ0) is 38.6. The fraction of sp³-hybridized carbons (Fsp3) is 0.500. The summed E-state index contributed by atoms with van der Waals surface area (Å²) < 4.78 is 31.5. The number of unbranched alkanes of at least 4 members (excludes halogenated alkanes) is 2. The minimum atomic E-state index is -0.788. The van der Waals surface area contributed by atoms with Gasteiger partial charge in [-0.05, 0) is 48.9 Å². The smallest absolute Gasteiger partial charge is 0.336 e. The van der Waals surface area contributed by atoms with E-state index in [0.717, 1.165) is 0 Å². The lowest BCUT2D eigenvalue weighted by molar-refractivity contribution is -0.154. The second-order valence-corrected chi connectivity index (χ2v) is 13.8. The van der Waals surface area contributed by atoms with Gasteiger partial charge >= 0.3 is 29.8 Å². The summed E-state index contributed by atoms with van der Waals surface area (Å²) in [5.41, 5.74) is 0.275. The molecule has 2 rings (SSSR count). The Morgan fingerprint density at radius 2 is 0.981 bits per heavy atom. The van der Waals surface area contributed by atoms with Crippen molar-refractivity contribution < 1.29 is 52.4 Å². The molecule has 0 saturated heterocycles. The molecule has 0 radical (unpaired) electrons. The third-order valence-electron chi connectivity index (χ3n) is 7.70. The maximum Gasteiger partial charge on any atom is 0.336 e. The largest absolute Gasteiger partial charge is 0.497 e. The Balaban J connectivity index is 1.75. The first kappa shape index (κ1) is 43.0. The number of benzene rings is 2. The van der Waals surface area contributed by atoms with Crippen molar-refractivity contribution in [3.63, 3.8) is 0 Å². The third kappa shape index (κ3) is 16.2. The van der Waals surface area contributed by atoms with Gasteiger partial charge in [-0.3, -0.25) is 24.0 Å². The molecule has 0 spiro atoms. The number of carbonyl (C=O) groups is 5. The van der Waals surface area contributed by atoms with Gasteiger partial charge in [0.2, 0.25) is 0 Å². The number of hydrogen-bond acceptors (Lipinski definition) is 11. The molecule has 0 fully saturated rings. The van der Waals surface area contributed by atoms with E-state index in [1.165, 1.54) is 7.11 Å². The van der Waals surface area contributed by atoms with Crippen LogP contribution >= 0.6 is 0 Å². The summed E-state index contributed by atoms with van der Waals surface area (Å²) in [6.45, 7) is 15.0. The molecule has 12 heteroatoms. The number of hydrogen-bond donors (Lipinski definition) is 0. The van der Waals surface area contributed by atoms with Crippen LogP contribution in [0.1, 0.15) is 90.2 Å². The molecule has 282 valence electrons. The van der Waals surface area contributed by atoms with Crippen molar-refractivity contribution in [2.75, 3.05) is 40.6 Å². The summed E-state index contributed by atoms with van der Waals surface area (Å²) in [6.07, 6.45) is 2.51. The highest BCUT2D eigenvalue weighted by atomic mass is 16.6. The van der Waals surface area contributed by atoms with Crippen LogP contribution in [0.5, 0.6) is 5.75 Å². The minimum Gasteiger partial charge on any atom is -0.497 e. The normalized spacial score (nSPS) is 11.7. The Morgan fingerprint density at radius 3 is 1.38 bits per heavy atom. The van der Waals surface area contributed by atoms with Gasteiger partial charge < -0.3 is 28.4 Å². The number of esters is 5. The van der Waals surface area contributed by atoms with E-state index in [9.17, 15) is 24.0 Å². The summed E-state index contributed by atoms with van der Waals surface area (Å²) in [5, 5.41) is 0. The van der Waals surface area contributed by atoms with Crippen LogP contribution in [0.2, 0.25) is 0 Å². The Labute approximate surface area is 306 Å². The monoisotopic (exact) mass is 721 g/mol. The fourth-order valence-corrected chi connectivity index (χ4v) is 4.64. The quantitative estimate of drug-likeness (QED) is 0.0412. The number of ether oxygens (including phenoxy) is 6. The first-order valence-corrected chi connectivity index (χ1v) is 17.2. The van der Waals surface area contributed by atoms with Gasteiger partial charge in [0, 0.05) is 42.1 Å². The lowest BCUT2D eigenvalue weighted by Crippen LogP contribution is -2.29. The molecule has 0 heterocycles. The highest BCUT2D eigenvalue weighted by Crippen LogP contribution is 2.30. The molecule has 0 saturated carbocycles. The molecular formula is C40H51NO11. The summed E-state index contributed by atoms with van der Waals surface area (Å²) in [7, 11) is 2.87. The van der Waals surface area contributed by atoms with Crippen LogP contribution in [0.15, 0.2) is 60.3 Å². The zero-order valence-electron chi connectivity index (χ0n) is 31.1. The molecular weight excluding hydrogens is 670 g/mol. The highest BCUT2D eigenvalue weighted by molar-refractivity contribution is 6.03. The molecule has 0 amide bonds. The van der Waals surface area contributed by atoms with Crippen LogP contribution < -0.4 is 4.74 Å². The van der Waals surface area contributed by atoms with E-state index in [-0.39, 0.29) is 69.7 Å². The molecule has 0 unspecified atom stereocenters. The Kier molecular flexibility index (Phi) is 18.1. The van der Waals surface area contributed by atoms with Gasteiger partial charge in [0.05, 0.1) is 47.2 Å². The minimum absolute atomic E-state index is 0.0185.